The average molecular weight is 317 g/mol. The van der Waals surface area contributed by atoms with E-state index in [1.165, 1.54) is 5.56 Å². The number of thiophene rings is 1. The van der Waals surface area contributed by atoms with Crippen molar-refractivity contribution in [2.45, 2.75) is 19.3 Å². The zero-order valence-electron chi connectivity index (χ0n) is 11.8. The third kappa shape index (κ3) is 4.53. The highest BCUT2D eigenvalue weighted by Gasteiger charge is 2.28. The Morgan fingerprint density at radius 3 is 3.05 bits per heavy atom. The van der Waals surface area contributed by atoms with Crippen molar-refractivity contribution in [3.63, 3.8) is 0 Å². The molecule has 1 saturated heterocycles. The smallest absolute Gasteiger partial charge is 0.279 e. The van der Waals surface area contributed by atoms with Gasteiger partial charge in [-0.2, -0.15) is 24.1 Å². The summed E-state index contributed by atoms with van der Waals surface area (Å²) in [5, 5.41) is 7.19. The van der Waals surface area contributed by atoms with E-state index in [0.717, 1.165) is 25.8 Å². The molecule has 1 aromatic heterocycles. The van der Waals surface area contributed by atoms with Crippen LogP contribution < -0.4 is 10.0 Å². The van der Waals surface area contributed by atoms with E-state index in [1.54, 1.807) is 15.6 Å². The predicted molar refractivity (Wildman–Crippen MR) is 83.2 cm³/mol. The first-order chi connectivity index (χ1) is 9.62. The Bertz CT molecular complexity index is 486. The summed E-state index contributed by atoms with van der Waals surface area (Å²) in [7, 11) is -1.42. The van der Waals surface area contributed by atoms with Gasteiger partial charge in [0.05, 0.1) is 0 Å². The Hall–Kier alpha value is -0.470. The summed E-state index contributed by atoms with van der Waals surface area (Å²) in [5.74, 6) is 0.419. The first kappa shape index (κ1) is 15.9. The van der Waals surface area contributed by atoms with Crippen LogP contribution in [0.4, 0.5) is 0 Å². The molecule has 0 amide bonds. The minimum absolute atomic E-state index is 0.419. The molecule has 114 valence electrons. The molecule has 0 radical (unpaired) electrons. The van der Waals surface area contributed by atoms with Crippen LogP contribution in [0.5, 0.6) is 0 Å². The summed E-state index contributed by atoms with van der Waals surface area (Å²) in [6.07, 6.45) is 2.79. The molecule has 20 heavy (non-hydrogen) atoms. The highest BCUT2D eigenvalue weighted by Crippen LogP contribution is 2.18. The first-order valence-corrected chi connectivity index (χ1v) is 9.40. The third-order valence-corrected chi connectivity index (χ3v) is 5.91. The number of piperidine rings is 1. The molecule has 2 heterocycles. The van der Waals surface area contributed by atoms with E-state index in [1.807, 2.05) is 18.5 Å². The molecule has 1 unspecified atom stereocenters. The Morgan fingerprint density at radius 2 is 2.35 bits per heavy atom. The lowest BCUT2D eigenvalue weighted by Crippen LogP contribution is -2.47. The maximum absolute atomic E-state index is 12.3. The van der Waals surface area contributed by atoms with Crippen LogP contribution in [0.2, 0.25) is 0 Å². The molecule has 0 aromatic carbocycles. The van der Waals surface area contributed by atoms with E-state index in [-0.39, 0.29) is 0 Å². The highest BCUT2D eigenvalue weighted by atomic mass is 32.2. The Kier molecular flexibility index (Phi) is 5.98. The molecule has 5 nitrogen and oxygen atoms in total. The van der Waals surface area contributed by atoms with Crippen molar-refractivity contribution < 1.29 is 8.42 Å². The first-order valence-electron chi connectivity index (χ1n) is 7.02. The van der Waals surface area contributed by atoms with E-state index in [4.69, 9.17) is 0 Å². The van der Waals surface area contributed by atoms with E-state index < -0.39 is 10.2 Å². The van der Waals surface area contributed by atoms with Gasteiger partial charge >= 0.3 is 0 Å². The largest absolute Gasteiger partial charge is 0.319 e. The van der Waals surface area contributed by atoms with Gasteiger partial charge in [-0.15, -0.1) is 0 Å². The van der Waals surface area contributed by atoms with Gasteiger partial charge in [-0.25, -0.2) is 4.72 Å². The van der Waals surface area contributed by atoms with Crippen LogP contribution in [0, 0.1) is 5.92 Å². The molecule has 0 aliphatic carbocycles. The van der Waals surface area contributed by atoms with Gasteiger partial charge in [-0.1, -0.05) is 0 Å². The second-order valence-corrected chi connectivity index (χ2v) is 7.74. The zero-order chi connectivity index (χ0) is 14.4. The molecule has 1 aliphatic rings. The number of rotatable bonds is 7. The summed E-state index contributed by atoms with van der Waals surface area (Å²) in [6, 6.07) is 2.03. The lowest BCUT2D eigenvalue weighted by atomic mass is 10.00. The monoisotopic (exact) mass is 317 g/mol. The molecule has 0 spiro atoms. The SMILES string of the molecule is CNCC1CCCN(S(=O)(=O)NCCc2ccsc2)C1. The molecule has 0 saturated carbocycles. The Labute approximate surface area is 125 Å². The van der Waals surface area contributed by atoms with Gasteiger partial charge < -0.3 is 5.32 Å². The van der Waals surface area contributed by atoms with Gasteiger partial charge in [-0.05, 0) is 61.2 Å². The summed E-state index contributed by atoms with van der Waals surface area (Å²) in [6.45, 7) is 2.59. The molecule has 1 aromatic rings. The lowest BCUT2D eigenvalue weighted by molar-refractivity contribution is 0.261. The van der Waals surface area contributed by atoms with E-state index in [9.17, 15) is 8.42 Å². The zero-order valence-corrected chi connectivity index (χ0v) is 13.5. The number of hydrogen-bond donors (Lipinski definition) is 2. The van der Waals surface area contributed by atoms with Crippen LogP contribution in [-0.2, 0) is 16.6 Å². The molecule has 1 aliphatic heterocycles. The standard InChI is InChI=1S/C13H23N3O2S2/c1-14-9-13-3-2-7-16(10-13)20(17,18)15-6-4-12-5-8-19-11-12/h5,8,11,13-15H,2-4,6-7,9-10H2,1H3. The van der Waals surface area contributed by atoms with Crippen LogP contribution in [0.25, 0.3) is 0 Å². The van der Waals surface area contributed by atoms with Crippen molar-refractivity contribution in [2.75, 3.05) is 33.2 Å². The molecule has 1 fully saturated rings. The highest BCUT2D eigenvalue weighted by molar-refractivity contribution is 7.87. The predicted octanol–water partition coefficient (Wildman–Crippen LogP) is 1.06. The minimum Gasteiger partial charge on any atom is -0.319 e. The quantitative estimate of drug-likeness (QED) is 0.790. The second-order valence-electron chi connectivity index (χ2n) is 5.20. The van der Waals surface area contributed by atoms with E-state index >= 15 is 0 Å². The van der Waals surface area contributed by atoms with Crippen LogP contribution in [0.3, 0.4) is 0 Å². The van der Waals surface area contributed by atoms with Crippen molar-refractivity contribution in [3.05, 3.63) is 22.4 Å². The number of hydrogen-bond acceptors (Lipinski definition) is 4. The van der Waals surface area contributed by atoms with Crippen LogP contribution in [0.15, 0.2) is 16.8 Å². The lowest BCUT2D eigenvalue weighted by Gasteiger charge is -2.31. The molecular weight excluding hydrogens is 294 g/mol. The van der Waals surface area contributed by atoms with E-state index in [2.05, 4.69) is 15.4 Å². The van der Waals surface area contributed by atoms with Gasteiger partial charge in [0.15, 0.2) is 0 Å². The Morgan fingerprint density at radius 1 is 1.50 bits per heavy atom. The van der Waals surface area contributed by atoms with Gasteiger partial charge in [0.2, 0.25) is 0 Å². The molecule has 2 rings (SSSR count). The second kappa shape index (κ2) is 7.51. The fourth-order valence-electron chi connectivity index (χ4n) is 2.55. The fraction of sp³-hybridized carbons (Fsp3) is 0.692. The van der Waals surface area contributed by atoms with Gasteiger partial charge in [0, 0.05) is 19.6 Å². The molecular formula is C13H23N3O2S2. The topological polar surface area (TPSA) is 61.4 Å². The normalized spacial score (nSPS) is 21.1. The number of nitrogens with one attached hydrogen (secondary N) is 2. The minimum atomic E-state index is -3.33. The summed E-state index contributed by atoms with van der Waals surface area (Å²) in [4.78, 5) is 0. The van der Waals surface area contributed by atoms with Crippen LogP contribution in [-0.4, -0.2) is 45.9 Å². The van der Waals surface area contributed by atoms with Crippen molar-refractivity contribution in [2.24, 2.45) is 5.92 Å². The molecule has 0 bridgehead atoms. The van der Waals surface area contributed by atoms with Crippen molar-refractivity contribution in [1.29, 1.82) is 0 Å². The van der Waals surface area contributed by atoms with Crippen LogP contribution in [0.1, 0.15) is 18.4 Å². The van der Waals surface area contributed by atoms with Gasteiger partial charge in [-0.3, -0.25) is 0 Å². The summed E-state index contributed by atoms with van der Waals surface area (Å²) in [5.41, 5.74) is 1.18. The summed E-state index contributed by atoms with van der Waals surface area (Å²) < 4.78 is 28.8. The Balaban J connectivity index is 1.82. The van der Waals surface area contributed by atoms with Crippen LogP contribution >= 0.6 is 11.3 Å². The molecule has 1 atom stereocenters. The average Bonchev–Trinajstić information content (AvgIpc) is 2.92. The maximum atomic E-state index is 12.3. The summed E-state index contributed by atoms with van der Waals surface area (Å²) >= 11 is 1.64. The van der Waals surface area contributed by atoms with E-state index in [0.29, 0.717) is 25.6 Å². The number of nitrogens with zero attached hydrogens (tertiary/aromatic N) is 1. The van der Waals surface area contributed by atoms with Crippen molar-refractivity contribution in [1.82, 2.24) is 14.3 Å². The van der Waals surface area contributed by atoms with Crippen molar-refractivity contribution in [3.8, 4) is 0 Å². The maximum Gasteiger partial charge on any atom is 0.279 e. The van der Waals surface area contributed by atoms with Gasteiger partial charge in [0.25, 0.3) is 10.2 Å². The molecule has 2 N–H and O–H groups in total. The van der Waals surface area contributed by atoms with Crippen molar-refractivity contribution >= 4 is 21.5 Å². The third-order valence-electron chi connectivity index (χ3n) is 3.59. The van der Waals surface area contributed by atoms with Gasteiger partial charge in [0.1, 0.15) is 0 Å². The molecule has 7 heteroatoms. The fourth-order valence-corrected chi connectivity index (χ4v) is 4.57.